The van der Waals surface area contributed by atoms with E-state index in [0.29, 0.717) is 10.6 Å². The van der Waals surface area contributed by atoms with Crippen LogP contribution in [0.2, 0.25) is 0 Å². The number of carboxylic acids is 1. The van der Waals surface area contributed by atoms with Crippen molar-refractivity contribution in [2.75, 3.05) is 5.32 Å². The number of nitrogens with two attached hydrogens (primary N) is 1. The molecule has 0 saturated heterocycles. The summed E-state index contributed by atoms with van der Waals surface area (Å²) >= 11 is 1.35. The molecule has 1 heterocycles. The van der Waals surface area contributed by atoms with E-state index in [1.54, 1.807) is 6.07 Å². The van der Waals surface area contributed by atoms with Crippen molar-refractivity contribution < 1.29 is 19.5 Å². The lowest BCUT2D eigenvalue weighted by molar-refractivity contribution is -0.148. The van der Waals surface area contributed by atoms with Gasteiger partial charge in [-0.25, -0.2) is 0 Å². The summed E-state index contributed by atoms with van der Waals surface area (Å²) in [5.41, 5.74) is 5.72. The Morgan fingerprint density at radius 3 is 2.54 bits per heavy atom. The lowest BCUT2D eigenvalue weighted by Crippen LogP contribution is -2.38. The highest BCUT2D eigenvalue weighted by Gasteiger charge is 2.54. The van der Waals surface area contributed by atoms with E-state index < -0.39 is 23.7 Å². The van der Waals surface area contributed by atoms with Gasteiger partial charge in [-0.2, -0.15) is 0 Å². The number of hydrogen-bond acceptors (Lipinski definition) is 4. The number of thiophene rings is 1. The van der Waals surface area contributed by atoms with Gasteiger partial charge in [-0.05, 0) is 43.6 Å². The number of carbonyl (C=O) groups is 3. The van der Waals surface area contributed by atoms with Crippen LogP contribution >= 0.6 is 11.3 Å². The van der Waals surface area contributed by atoms with Crippen LogP contribution in [-0.2, 0) is 16.0 Å². The van der Waals surface area contributed by atoms with Crippen molar-refractivity contribution in [1.29, 1.82) is 0 Å². The van der Waals surface area contributed by atoms with Gasteiger partial charge in [0.2, 0.25) is 5.91 Å². The lowest BCUT2D eigenvalue weighted by Gasteiger charge is -2.26. The molecule has 6 nitrogen and oxygen atoms in total. The maximum atomic E-state index is 12.7. The molecule has 0 radical (unpaired) electrons. The Kier molecular flexibility index (Phi) is 4.62. The molecule has 0 spiro atoms. The number of aliphatic carboxylic acids is 1. The Morgan fingerprint density at radius 1 is 1.29 bits per heavy atom. The van der Waals surface area contributed by atoms with E-state index in [0.717, 1.165) is 37.0 Å². The number of nitrogens with one attached hydrogen (secondary N) is 1. The third kappa shape index (κ3) is 2.92. The van der Waals surface area contributed by atoms with Gasteiger partial charge < -0.3 is 16.2 Å². The molecule has 3 rings (SSSR count). The second-order valence-corrected chi connectivity index (χ2v) is 7.92. The molecule has 1 aromatic heterocycles. The summed E-state index contributed by atoms with van der Waals surface area (Å²) < 4.78 is 0. The van der Waals surface area contributed by atoms with Gasteiger partial charge in [0, 0.05) is 4.88 Å². The van der Waals surface area contributed by atoms with Gasteiger partial charge in [-0.3, -0.25) is 14.4 Å². The Bertz CT molecular complexity index is 684. The monoisotopic (exact) mass is 350 g/mol. The van der Waals surface area contributed by atoms with E-state index in [1.165, 1.54) is 11.3 Å². The van der Waals surface area contributed by atoms with E-state index >= 15 is 0 Å². The number of aryl methyl sites for hydroxylation is 1. The molecule has 2 amide bonds. The Hall–Kier alpha value is -1.89. The normalized spacial score (nSPS) is 28.0. The molecular formula is C17H22N2O4S. The van der Waals surface area contributed by atoms with Crippen LogP contribution in [0.1, 0.15) is 47.8 Å². The first-order valence-electron chi connectivity index (χ1n) is 8.38. The molecule has 2 bridgehead atoms. The molecule has 2 aliphatic carbocycles. The van der Waals surface area contributed by atoms with Crippen molar-refractivity contribution in [3.63, 3.8) is 0 Å². The van der Waals surface area contributed by atoms with E-state index in [4.69, 9.17) is 5.73 Å². The Morgan fingerprint density at radius 2 is 1.96 bits per heavy atom. The predicted octanol–water partition coefficient (Wildman–Crippen LogP) is 2.48. The van der Waals surface area contributed by atoms with Gasteiger partial charge in [0.15, 0.2) is 0 Å². The minimum Gasteiger partial charge on any atom is -0.481 e. The van der Waals surface area contributed by atoms with Crippen LogP contribution in [0, 0.1) is 23.7 Å². The number of fused-ring (bicyclic) bond motifs is 2. The zero-order chi connectivity index (χ0) is 17.4. The molecule has 2 aliphatic rings. The molecule has 0 aromatic carbocycles. The molecule has 4 atom stereocenters. The number of hydrogen-bond donors (Lipinski definition) is 3. The van der Waals surface area contributed by atoms with E-state index in [-0.39, 0.29) is 17.7 Å². The van der Waals surface area contributed by atoms with Crippen LogP contribution in [0.3, 0.4) is 0 Å². The third-order valence-electron chi connectivity index (χ3n) is 5.29. The van der Waals surface area contributed by atoms with Crippen molar-refractivity contribution >= 4 is 34.1 Å². The molecule has 2 saturated carbocycles. The minimum atomic E-state index is -0.893. The smallest absolute Gasteiger partial charge is 0.307 e. The molecule has 0 aliphatic heterocycles. The average Bonchev–Trinajstić information content (AvgIpc) is 3.20. The summed E-state index contributed by atoms with van der Waals surface area (Å²) in [5, 5.41) is 12.7. The summed E-state index contributed by atoms with van der Waals surface area (Å²) in [6.07, 6.45) is 4.34. The van der Waals surface area contributed by atoms with Crippen LogP contribution in [0.15, 0.2) is 6.07 Å². The van der Waals surface area contributed by atoms with E-state index in [9.17, 15) is 19.5 Å². The summed E-state index contributed by atoms with van der Waals surface area (Å²) in [4.78, 5) is 36.9. The molecule has 24 heavy (non-hydrogen) atoms. The van der Waals surface area contributed by atoms with E-state index in [1.807, 2.05) is 6.92 Å². The molecule has 0 unspecified atom stereocenters. The minimum absolute atomic E-state index is 0.0952. The van der Waals surface area contributed by atoms with Crippen molar-refractivity contribution in [2.45, 2.75) is 39.0 Å². The number of anilines is 1. The molecule has 1 aromatic rings. The Labute approximate surface area is 144 Å². The van der Waals surface area contributed by atoms with Crippen LogP contribution in [0.25, 0.3) is 0 Å². The van der Waals surface area contributed by atoms with Crippen LogP contribution in [-0.4, -0.2) is 22.9 Å². The quantitative estimate of drug-likeness (QED) is 0.732. The second kappa shape index (κ2) is 6.55. The number of primary amides is 1. The average molecular weight is 350 g/mol. The molecule has 4 N–H and O–H groups in total. The van der Waals surface area contributed by atoms with Gasteiger partial charge in [0.25, 0.3) is 5.91 Å². The zero-order valence-corrected chi connectivity index (χ0v) is 14.4. The Balaban J connectivity index is 1.82. The fraction of sp³-hybridized carbons (Fsp3) is 0.588. The van der Waals surface area contributed by atoms with Gasteiger partial charge >= 0.3 is 5.97 Å². The fourth-order valence-corrected chi connectivity index (χ4v) is 5.47. The highest BCUT2D eigenvalue weighted by atomic mass is 32.1. The standard InChI is InChI=1S/C17H22N2O4S/c1-2-3-10-7-11(14(18)20)16(24-10)19-15(21)12-8-4-5-9(6-8)13(12)17(22)23/h7-9,12-13H,2-6H2,1H3,(H2,18,20)(H,19,21)(H,22,23)/t8-,9-,12-,13+/m0/s1. The maximum Gasteiger partial charge on any atom is 0.307 e. The number of carboxylic acid groups (broad SMARTS) is 1. The van der Waals surface area contributed by atoms with Crippen molar-refractivity contribution in [3.8, 4) is 0 Å². The molecule has 7 heteroatoms. The summed E-state index contributed by atoms with van der Waals surface area (Å²) in [6.45, 7) is 2.04. The predicted molar refractivity (Wildman–Crippen MR) is 90.9 cm³/mol. The molecule has 130 valence electrons. The molecule has 2 fully saturated rings. The highest BCUT2D eigenvalue weighted by Crippen LogP contribution is 2.52. The van der Waals surface area contributed by atoms with Crippen LogP contribution < -0.4 is 11.1 Å². The topological polar surface area (TPSA) is 109 Å². The van der Waals surface area contributed by atoms with Crippen LogP contribution in [0.4, 0.5) is 5.00 Å². The van der Waals surface area contributed by atoms with Gasteiger partial charge in [0.1, 0.15) is 5.00 Å². The first kappa shape index (κ1) is 17.0. The van der Waals surface area contributed by atoms with Crippen molar-refractivity contribution in [3.05, 3.63) is 16.5 Å². The van der Waals surface area contributed by atoms with Crippen LogP contribution in [0.5, 0.6) is 0 Å². The number of rotatable bonds is 6. The number of amides is 2. The van der Waals surface area contributed by atoms with E-state index in [2.05, 4.69) is 5.32 Å². The first-order valence-corrected chi connectivity index (χ1v) is 9.20. The van der Waals surface area contributed by atoms with Gasteiger partial charge in [0.05, 0.1) is 17.4 Å². The fourth-order valence-electron chi connectivity index (χ4n) is 4.31. The lowest BCUT2D eigenvalue weighted by atomic mass is 9.79. The second-order valence-electron chi connectivity index (χ2n) is 6.78. The summed E-state index contributed by atoms with van der Waals surface area (Å²) in [6, 6.07) is 1.72. The van der Waals surface area contributed by atoms with Gasteiger partial charge in [-0.1, -0.05) is 13.3 Å². The highest BCUT2D eigenvalue weighted by molar-refractivity contribution is 7.16. The van der Waals surface area contributed by atoms with Gasteiger partial charge in [-0.15, -0.1) is 11.3 Å². The third-order valence-corrected chi connectivity index (χ3v) is 6.40. The van der Waals surface area contributed by atoms with Crippen molar-refractivity contribution in [2.24, 2.45) is 29.4 Å². The van der Waals surface area contributed by atoms with Crippen molar-refractivity contribution in [1.82, 2.24) is 0 Å². The first-order chi connectivity index (χ1) is 11.4. The summed E-state index contributed by atoms with van der Waals surface area (Å²) in [7, 11) is 0. The summed E-state index contributed by atoms with van der Waals surface area (Å²) in [5.74, 6) is -2.67. The zero-order valence-electron chi connectivity index (χ0n) is 13.6. The SMILES string of the molecule is CCCc1cc(C(N)=O)c(NC(=O)[C@H]2[C@H]3CC[C@@H](C3)[C@H]2C(=O)O)s1. The number of carbonyl (C=O) groups excluding carboxylic acids is 2. The molecular weight excluding hydrogens is 328 g/mol. The maximum absolute atomic E-state index is 12.7. The largest absolute Gasteiger partial charge is 0.481 e.